The van der Waals surface area contributed by atoms with E-state index in [1.165, 1.54) is 6.07 Å². The minimum atomic E-state index is -0.467. The molecule has 1 aromatic rings. The summed E-state index contributed by atoms with van der Waals surface area (Å²) >= 11 is 11.7. The van der Waals surface area contributed by atoms with Gasteiger partial charge in [-0.25, -0.2) is 4.98 Å². The molecule has 1 saturated heterocycles. The van der Waals surface area contributed by atoms with Gasteiger partial charge in [0.2, 0.25) is 0 Å². The molecule has 1 amide bonds. The van der Waals surface area contributed by atoms with Crippen molar-refractivity contribution in [2.75, 3.05) is 13.1 Å². The number of aliphatic hydroxyl groups is 1. The fourth-order valence-electron chi connectivity index (χ4n) is 1.86. The van der Waals surface area contributed by atoms with E-state index < -0.39 is 6.10 Å². The highest BCUT2D eigenvalue weighted by Gasteiger charge is 2.25. The predicted molar refractivity (Wildman–Crippen MR) is 65.4 cm³/mol. The highest BCUT2D eigenvalue weighted by molar-refractivity contribution is 6.34. The van der Waals surface area contributed by atoms with Gasteiger partial charge in [0, 0.05) is 13.1 Å². The van der Waals surface area contributed by atoms with E-state index >= 15 is 0 Å². The second kappa shape index (κ2) is 5.21. The van der Waals surface area contributed by atoms with Crippen LogP contribution in [0.2, 0.25) is 10.2 Å². The molecule has 1 aliphatic rings. The van der Waals surface area contributed by atoms with Crippen LogP contribution in [0.25, 0.3) is 0 Å². The number of piperidine rings is 1. The molecule has 0 spiro atoms. The second-order valence-electron chi connectivity index (χ2n) is 4.01. The number of amides is 1. The van der Waals surface area contributed by atoms with Crippen LogP contribution in [0.4, 0.5) is 0 Å². The Labute approximate surface area is 109 Å². The molecule has 0 bridgehead atoms. The third kappa shape index (κ3) is 2.89. The van der Waals surface area contributed by atoms with Crippen LogP contribution in [-0.4, -0.2) is 40.1 Å². The number of nitrogens with zero attached hydrogens (tertiary/aromatic N) is 2. The molecule has 4 nitrogen and oxygen atoms in total. The topological polar surface area (TPSA) is 53.4 Å². The summed E-state index contributed by atoms with van der Waals surface area (Å²) in [5.74, 6) is -0.281. The number of pyridine rings is 1. The zero-order valence-corrected chi connectivity index (χ0v) is 10.6. The van der Waals surface area contributed by atoms with E-state index in [4.69, 9.17) is 23.2 Å². The third-order valence-electron chi connectivity index (χ3n) is 2.70. The standard InChI is InChI=1S/C11H12Cl2N2O2/c12-8-3-4-9(13)14-10(8)11(17)15-5-1-2-7(16)6-15/h3-4,7,16H,1-2,5-6H2. The summed E-state index contributed by atoms with van der Waals surface area (Å²) in [4.78, 5) is 17.6. The molecule has 2 rings (SSSR count). The quantitative estimate of drug-likeness (QED) is 0.797. The maximum Gasteiger partial charge on any atom is 0.274 e. The van der Waals surface area contributed by atoms with Crippen LogP contribution in [0.5, 0.6) is 0 Å². The number of halogens is 2. The van der Waals surface area contributed by atoms with Crippen molar-refractivity contribution in [1.29, 1.82) is 0 Å². The Morgan fingerprint density at radius 3 is 2.94 bits per heavy atom. The Balaban J connectivity index is 2.21. The monoisotopic (exact) mass is 274 g/mol. The van der Waals surface area contributed by atoms with Crippen molar-refractivity contribution in [1.82, 2.24) is 9.88 Å². The molecule has 1 aromatic heterocycles. The van der Waals surface area contributed by atoms with Gasteiger partial charge in [0.15, 0.2) is 0 Å². The first kappa shape index (κ1) is 12.6. The first-order valence-corrected chi connectivity index (χ1v) is 6.13. The summed E-state index contributed by atoms with van der Waals surface area (Å²) in [7, 11) is 0. The third-order valence-corrected chi connectivity index (χ3v) is 3.21. The van der Waals surface area contributed by atoms with Crippen LogP contribution in [0.1, 0.15) is 23.3 Å². The maximum atomic E-state index is 12.1. The Morgan fingerprint density at radius 2 is 2.24 bits per heavy atom. The summed E-state index contributed by atoms with van der Waals surface area (Å²) in [6.45, 7) is 0.934. The number of likely N-dealkylation sites (tertiary alicyclic amines) is 1. The van der Waals surface area contributed by atoms with Gasteiger partial charge >= 0.3 is 0 Å². The fourth-order valence-corrected chi connectivity index (χ4v) is 2.19. The lowest BCUT2D eigenvalue weighted by Crippen LogP contribution is -2.42. The van der Waals surface area contributed by atoms with Gasteiger partial charge in [-0.1, -0.05) is 23.2 Å². The van der Waals surface area contributed by atoms with Gasteiger partial charge in [-0.05, 0) is 25.0 Å². The summed E-state index contributed by atoms with van der Waals surface area (Å²) in [6.07, 6.45) is 1.04. The number of carbonyl (C=O) groups is 1. The molecule has 1 N–H and O–H groups in total. The van der Waals surface area contributed by atoms with Crippen molar-refractivity contribution in [3.05, 3.63) is 28.0 Å². The molecule has 17 heavy (non-hydrogen) atoms. The summed E-state index contributed by atoms with van der Waals surface area (Å²) < 4.78 is 0. The number of aliphatic hydroxyl groups excluding tert-OH is 1. The molecule has 0 aliphatic carbocycles. The summed E-state index contributed by atoms with van der Waals surface area (Å²) in [5, 5.41) is 10.0. The van der Waals surface area contributed by atoms with Gasteiger partial charge in [0.25, 0.3) is 5.91 Å². The average molecular weight is 275 g/mol. The Hall–Kier alpha value is -0.840. The van der Waals surface area contributed by atoms with Crippen LogP contribution in [0, 0.1) is 0 Å². The van der Waals surface area contributed by atoms with Crippen LogP contribution in [-0.2, 0) is 0 Å². The molecule has 0 aromatic carbocycles. The minimum Gasteiger partial charge on any atom is -0.391 e. The van der Waals surface area contributed by atoms with E-state index in [2.05, 4.69) is 4.98 Å². The Morgan fingerprint density at radius 1 is 1.47 bits per heavy atom. The van der Waals surface area contributed by atoms with Crippen molar-refractivity contribution in [2.24, 2.45) is 0 Å². The van der Waals surface area contributed by atoms with Gasteiger partial charge in [-0.3, -0.25) is 4.79 Å². The molecule has 0 radical (unpaired) electrons. The lowest BCUT2D eigenvalue weighted by molar-refractivity contribution is 0.0469. The molecular formula is C11H12Cl2N2O2. The van der Waals surface area contributed by atoms with Crippen LogP contribution in [0.3, 0.4) is 0 Å². The van der Waals surface area contributed by atoms with E-state index in [0.717, 1.165) is 12.8 Å². The molecule has 0 saturated carbocycles. The van der Waals surface area contributed by atoms with Gasteiger partial charge < -0.3 is 10.0 Å². The number of carbonyl (C=O) groups excluding carboxylic acids is 1. The van der Waals surface area contributed by atoms with Crippen LogP contribution >= 0.6 is 23.2 Å². The van der Waals surface area contributed by atoms with Crippen LogP contribution < -0.4 is 0 Å². The van der Waals surface area contributed by atoms with Crippen molar-refractivity contribution in [2.45, 2.75) is 18.9 Å². The maximum absolute atomic E-state index is 12.1. The van der Waals surface area contributed by atoms with Crippen LogP contribution in [0.15, 0.2) is 12.1 Å². The normalized spacial score (nSPS) is 20.4. The average Bonchev–Trinajstić information content (AvgIpc) is 2.31. The molecule has 2 heterocycles. The Kier molecular flexibility index (Phi) is 3.86. The highest BCUT2D eigenvalue weighted by Crippen LogP contribution is 2.20. The molecule has 1 fully saturated rings. The van der Waals surface area contributed by atoms with E-state index in [9.17, 15) is 9.90 Å². The smallest absolute Gasteiger partial charge is 0.274 e. The van der Waals surface area contributed by atoms with E-state index in [1.807, 2.05) is 0 Å². The predicted octanol–water partition coefficient (Wildman–Crippen LogP) is 1.99. The molecule has 1 unspecified atom stereocenters. The number of hydrogen-bond donors (Lipinski definition) is 1. The number of aromatic nitrogens is 1. The zero-order valence-electron chi connectivity index (χ0n) is 9.07. The lowest BCUT2D eigenvalue weighted by Gasteiger charge is -2.30. The highest BCUT2D eigenvalue weighted by atomic mass is 35.5. The van der Waals surface area contributed by atoms with Gasteiger partial charge in [-0.15, -0.1) is 0 Å². The van der Waals surface area contributed by atoms with E-state index in [-0.39, 0.29) is 21.8 Å². The zero-order chi connectivity index (χ0) is 12.4. The van der Waals surface area contributed by atoms with E-state index in [0.29, 0.717) is 13.1 Å². The number of rotatable bonds is 1. The van der Waals surface area contributed by atoms with Gasteiger partial charge in [0.1, 0.15) is 10.8 Å². The molecule has 6 heteroatoms. The first-order chi connectivity index (χ1) is 8.08. The molecule has 92 valence electrons. The van der Waals surface area contributed by atoms with E-state index in [1.54, 1.807) is 11.0 Å². The van der Waals surface area contributed by atoms with Crippen molar-refractivity contribution < 1.29 is 9.90 Å². The van der Waals surface area contributed by atoms with Gasteiger partial charge in [0.05, 0.1) is 11.1 Å². The van der Waals surface area contributed by atoms with Crippen molar-refractivity contribution in [3.63, 3.8) is 0 Å². The lowest BCUT2D eigenvalue weighted by atomic mass is 10.1. The number of hydrogen-bond acceptors (Lipinski definition) is 3. The van der Waals surface area contributed by atoms with Gasteiger partial charge in [-0.2, -0.15) is 0 Å². The first-order valence-electron chi connectivity index (χ1n) is 5.37. The SMILES string of the molecule is O=C(c1nc(Cl)ccc1Cl)N1CCCC(O)C1. The Bertz CT molecular complexity index is 439. The second-order valence-corrected chi connectivity index (χ2v) is 4.81. The minimum absolute atomic E-state index is 0.147. The summed E-state index contributed by atoms with van der Waals surface area (Å²) in [5.41, 5.74) is 0.147. The number of β-amino-alcohol motifs (C(OH)–C–C–N with tert-alkyl or cyclic N) is 1. The summed E-state index contributed by atoms with van der Waals surface area (Å²) in [6, 6.07) is 3.08. The fraction of sp³-hybridized carbons (Fsp3) is 0.455. The molecule has 1 atom stereocenters. The largest absolute Gasteiger partial charge is 0.391 e. The van der Waals surface area contributed by atoms with Crippen molar-refractivity contribution in [3.8, 4) is 0 Å². The molecular weight excluding hydrogens is 263 g/mol. The van der Waals surface area contributed by atoms with Crippen molar-refractivity contribution >= 4 is 29.1 Å². The molecule has 1 aliphatic heterocycles.